The summed E-state index contributed by atoms with van der Waals surface area (Å²) in [6.07, 6.45) is 1.56. The Morgan fingerprint density at radius 3 is 2.60 bits per heavy atom. The van der Waals surface area contributed by atoms with Crippen LogP contribution in [0.2, 0.25) is 0 Å². The van der Waals surface area contributed by atoms with Crippen molar-refractivity contribution in [2.24, 2.45) is 0 Å². The molecule has 1 rings (SSSR count). The van der Waals surface area contributed by atoms with Crippen molar-refractivity contribution < 1.29 is 19.1 Å². The topological polar surface area (TPSA) is 93.5 Å². The summed E-state index contributed by atoms with van der Waals surface area (Å²) in [4.78, 5) is 35.7. The van der Waals surface area contributed by atoms with E-state index >= 15 is 0 Å². The summed E-state index contributed by atoms with van der Waals surface area (Å²) in [6, 6.07) is 0.699. The fourth-order valence-electron chi connectivity index (χ4n) is 1.56. The Morgan fingerprint density at radius 1 is 1.45 bits per heavy atom. The largest absolute Gasteiger partial charge is 0.467 e. The smallest absolute Gasteiger partial charge is 0.330 e. The second-order valence-electron chi connectivity index (χ2n) is 4.40. The van der Waals surface area contributed by atoms with E-state index < -0.39 is 12.0 Å². The Labute approximate surface area is 116 Å². The minimum absolute atomic E-state index is 0.0902. The lowest BCUT2D eigenvalue weighted by molar-refractivity contribution is -0.145. The summed E-state index contributed by atoms with van der Waals surface area (Å²) in [5.41, 5.74) is 0.265. The summed E-state index contributed by atoms with van der Waals surface area (Å²) >= 11 is 0. The van der Waals surface area contributed by atoms with Crippen LogP contribution in [0.4, 0.5) is 0 Å². The van der Waals surface area contributed by atoms with Crippen molar-refractivity contribution in [1.82, 2.24) is 20.0 Å². The van der Waals surface area contributed by atoms with Crippen LogP contribution in [0.15, 0.2) is 12.3 Å². The summed E-state index contributed by atoms with van der Waals surface area (Å²) in [6.45, 7) is 1.40. The molecule has 1 heterocycles. The average Bonchev–Trinajstić information content (AvgIpc) is 2.83. The van der Waals surface area contributed by atoms with Crippen LogP contribution in [0.25, 0.3) is 0 Å². The molecule has 0 fully saturated rings. The second-order valence-corrected chi connectivity index (χ2v) is 4.40. The van der Waals surface area contributed by atoms with Gasteiger partial charge in [0, 0.05) is 27.2 Å². The number of carbonyl (C=O) groups is 3. The average molecular weight is 282 g/mol. The van der Waals surface area contributed by atoms with Crippen molar-refractivity contribution in [2.45, 2.75) is 19.5 Å². The van der Waals surface area contributed by atoms with Gasteiger partial charge in [0.15, 0.2) is 0 Å². The highest BCUT2D eigenvalue weighted by Crippen LogP contribution is 2.01. The molecule has 0 aliphatic rings. The van der Waals surface area contributed by atoms with Gasteiger partial charge in [-0.25, -0.2) is 4.79 Å². The number of methoxy groups -OCH3 is 1. The van der Waals surface area contributed by atoms with Gasteiger partial charge in [0.05, 0.1) is 13.7 Å². The SMILES string of the molecule is COC(=O)C(Cn1ccc(C(=O)N(C)C)n1)NC(C)=O. The third-order valence-corrected chi connectivity index (χ3v) is 2.50. The first kappa shape index (κ1) is 15.7. The lowest BCUT2D eigenvalue weighted by Crippen LogP contribution is -2.43. The van der Waals surface area contributed by atoms with Crippen molar-refractivity contribution in [2.75, 3.05) is 21.2 Å². The second kappa shape index (κ2) is 6.69. The number of hydrogen-bond donors (Lipinski definition) is 1. The number of ether oxygens (including phenoxy) is 1. The van der Waals surface area contributed by atoms with Crippen LogP contribution in [0.1, 0.15) is 17.4 Å². The van der Waals surface area contributed by atoms with Crippen LogP contribution in [-0.2, 0) is 20.9 Å². The maximum absolute atomic E-state index is 11.7. The fraction of sp³-hybridized carbons (Fsp3) is 0.500. The number of rotatable bonds is 5. The molecule has 0 spiro atoms. The summed E-state index contributed by atoms with van der Waals surface area (Å²) in [5, 5.41) is 6.53. The zero-order valence-electron chi connectivity index (χ0n) is 11.9. The van der Waals surface area contributed by atoms with Crippen molar-refractivity contribution in [3.05, 3.63) is 18.0 Å². The first-order valence-corrected chi connectivity index (χ1v) is 5.95. The Hall–Kier alpha value is -2.38. The Bertz CT molecular complexity index is 509. The third kappa shape index (κ3) is 4.08. The van der Waals surface area contributed by atoms with Crippen LogP contribution < -0.4 is 5.32 Å². The Kier molecular flexibility index (Phi) is 5.24. The molecule has 1 aromatic heterocycles. The molecule has 8 heteroatoms. The standard InChI is InChI=1S/C12H18N4O4/c1-8(17)13-10(12(19)20-4)7-16-6-5-9(14-16)11(18)15(2)3/h5-6,10H,7H2,1-4H3,(H,13,17). The highest BCUT2D eigenvalue weighted by molar-refractivity contribution is 5.91. The van der Waals surface area contributed by atoms with Gasteiger partial charge in [0.1, 0.15) is 11.7 Å². The molecule has 8 nitrogen and oxygen atoms in total. The summed E-state index contributed by atoms with van der Waals surface area (Å²) < 4.78 is 6.02. The molecule has 0 radical (unpaired) electrons. The van der Waals surface area contributed by atoms with E-state index in [0.29, 0.717) is 0 Å². The van der Waals surface area contributed by atoms with Crippen molar-refractivity contribution in [1.29, 1.82) is 0 Å². The zero-order chi connectivity index (χ0) is 15.3. The monoisotopic (exact) mass is 282 g/mol. The van der Waals surface area contributed by atoms with E-state index in [4.69, 9.17) is 0 Å². The van der Waals surface area contributed by atoms with Crippen LogP contribution in [0.5, 0.6) is 0 Å². The maximum atomic E-state index is 11.7. The molecule has 0 saturated heterocycles. The molecule has 0 aliphatic carbocycles. The van der Waals surface area contributed by atoms with Crippen LogP contribution in [0.3, 0.4) is 0 Å². The predicted octanol–water partition coefficient (Wildman–Crippen LogP) is -0.737. The van der Waals surface area contributed by atoms with Gasteiger partial charge in [-0.1, -0.05) is 0 Å². The fourth-order valence-corrected chi connectivity index (χ4v) is 1.56. The summed E-state index contributed by atoms with van der Waals surface area (Å²) in [7, 11) is 4.48. The van der Waals surface area contributed by atoms with Crippen LogP contribution in [-0.4, -0.2) is 59.7 Å². The summed E-state index contributed by atoms with van der Waals surface area (Å²) in [5.74, 6) is -1.16. The van der Waals surface area contributed by atoms with Gasteiger partial charge in [-0.2, -0.15) is 5.10 Å². The quantitative estimate of drug-likeness (QED) is 0.718. The van der Waals surface area contributed by atoms with Crippen LogP contribution in [0, 0.1) is 0 Å². The first-order chi connectivity index (χ1) is 9.35. The zero-order valence-corrected chi connectivity index (χ0v) is 11.9. The number of aromatic nitrogens is 2. The molecule has 0 aliphatic heterocycles. The number of nitrogens with zero attached hydrogens (tertiary/aromatic N) is 3. The molecule has 1 unspecified atom stereocenters. The molecular formula is C12H18N4O4. The lowest BCUT2D eigenvalue weighted by Gasteiger charge is -2.15. The molecule has 110 valence electrons. The van der Waals surface area contributed by atoms with Gasteiger partial charge >= 0.3 is 5.97 Å². The van der Waals surface area contributed by atoms with E-state index in [0.717, 1.165) is 0 Å². The molecule has 0 aromatic carbocycles. The van der Waals surface area contributed by atoms with Crippen molar-refractivity contribution in [3.8, 4) is 0 Å². The van der Waals surface area contributed by atoms with E-state index in [1.807, 2.05) is 0 Å². The number of esters is 1. The van der Waals surface area contributed by atoms with Gasteiger partial charge in [-0.3, -0.25) is 14.3 Å². The first-order valence-electron chi connectivity index (χ1n) is 5.95. The van der Waals surface area contributed by atoms with Crippen molar-refractivity contribution >= 4 is 17.8 Å². The number of amides is 2. The minimum Gasteiger partial charge on any atom is -0.467 e. The molecule has 1 aromatic rings. The third-order valence-electron chi connectivity index (χ3n) is 2.50. The molecular weight excluding hydrogens is 264 g/mol. The number of carbonyl (C=O) groups excluding carboxylic acids is 3. The molecule has 0 bridgehead atoms. The van der Waals surface area contributed by atoms with Gasteiger partial charge in [-0.15, -0.1) is 0 Å². The normalized spacial score (nSPS) is 11.6. The lowest BCUT2D eigenvalue weighted by atomic mass is 10.3. The number of nitrogens with one attached hydrogen (secondary N) is 1. The van der Waals surface area contributed by atoms with E-state index in [1.165, 1.54) is 23.6 Å². The maximum Gasteiger partial charge on any atom is 0.330 e. The van der Waals surface area contributed by atoms with Gasteiger partial charge in [0.25, 0.3) is 5.91 Å². The van der Waals surface area contributed by atoms with E-state index in [1.54, 1.807) is 26.4 Å². The highest BCUT2D eigenvalue weighted by Gasteiger charge is 2.21. The minimum atomic E-state index is -0.847. The van der Waals surface area contributed by atoms with Crippen molar-refractivity contribution in [3.63, 3.8) is 0 Å². The van der Waals surface area contributed by atoms with E-state index in [9.17, 15) is 14.4 Å². The highest BCUT2D eigenvalue weighted by atomic mass is 16.5. The van der Waals surface area contributed by atoms with Gasteiger partial charge < -0.3 is 15.0 Å². The van der Waals surface area contributed by atoms with E-state index in [-0.39, 0.29) is 24.1 Å². The number of hydrogen-bond acceptors (Lipinski definition) is 5. The molecule has 1 N–H and O–H groups in total. The van der Waals surface area contributed by atoms with Crippen LogP contribution >= 0.6 is 0 Å². The predicted molar refractivity (Wildman–Crippen MR) is 69.9 cm³/mol. The molecule has 2 amide bonds. The van der Waals surface area contributed by atoms with Gasteiger partial charge in [0.2, 0.25) is 5.91 Å². The molecule has 0 saturated carbocycles. The van der Waals surface area contributed by atoms with E-state index in [2.05, 4.69) is 15.2 Å². The molecule has 1 atom stereocenters. The molecule has 20 heavy (non-hydrogen) atoms. The Morgan fingerprint density at radius 2 is 2.10 bits per heavy atom. The Balaban J connectivity index is 2.81. The van der Waals surface area contributed by atoms with Gasteiger partial charge in [-0.05, 0) is 6.07 Å².